The van der Waals surface area contributed by atoms with E-state index >= 15 is 0 Å². The van der Waals surface area contributed by atoms with Gasteiger partial charge in [0.1, 0.15) is 5.75 Å². The molecule has 0 bridgehead atoms. The molecule has 116 valence electrons. The lowest BCUT2D eigenvalue weighted by molar-refractivity contribution is -0.0599. The number of rotatable bonds is 5. The second-order valence-corrected chi connectivity index (χ2v) is 6.21. The predicted octanol–water partition coefficient (Wildman–Crippen LogP) is 1.82. The van der Waals surface area contributed by atoms with E-state index in [-0.39, 0.29) is 12.1 Å². The summed E-state index contributed by atoms with van der Waals surface area (Å²) in [6.07, 6.45) is 4.75. The lowest BCUT2D eigenvalue weighted by Crippen LogP contribution is -2.52. The highest BCUT2D eigenvalue weighted by molar-refractivity contribution is 5.27. The standard InChI is InChI=1S/C17H26N2O2/c1-20-15-7-4-13(5-8-15)6-9-16(18)17-11-19-10-2-3-14(19)12-21-17/h4-5,7-8,14,16-17H,2-3,6,9-12,18H2,1H3. The highest BCUT2D eigenvalue weighted by Gasteiger charge is 2.34. The van der Waals surface area contributed by atoms with E-state index in [1.807, 2.05) is 12.1 Å². The Morgan fingerprint density at radius 1 is 1.38 bits per heavy atom. The van der Waals surface area contributed by atoms with Gasteiger partial charge in [0.05, 0.1) is 19.8 Å². The van der Waals surface area contributed by atoms with Gasteiger partial charge >= 0.3 is 0 Å². The molecule has 0 aromatic heterocycles. The summed E-state index contributed by atoms with van der Waals surface area (Å²) >= 11 is 0. The van der Waals surface area contributed by atoms with Crippen LogP contribution < -0.4 is 10.5 Å². The second-order valence-electron chi connectivity index (χ2n) is 6.21. The zero-order chi connectivity index (χ0) is 14.7. The van der Waals surface area contributed by atoms with Crippen LogP contribution in [0.15, 0.2) is 24.3 Å². The van der Waals surface area contributed by atoms with Gasteiger partial charge in [0, 0.05) is 18.6 Å². The van der Waals surface area contributed by atoms with Crippen molar-refractivity contribution in [3.63, 3.8) is 0 Å². The third-order valence-corrected chi connectivity index (χ3v) is 4.82. The van der Waals surface area contributed by atoms with Gasteiger partial charge in [-0.3, -0.25) is 4.90 Å². The summed E-state index contributed by atoms with van der Waals surface area (Å²) in [5.74, 6) is 0.902. The first-order chi connectivity index (χ1) is 10.3. The van der Waals surface area contributed by atoms with E-state index < -0.39 is 0 Å². The molecule has 3 atom stereocenters. The topological polar surface area (TPSA) is 47.7 Å². The molecule has 2 aliphatic heterocycles. The molecule has 0 radical (unpaired) electrons. The van der Waals surface area contributed by atoms with E-state index in [2.05, 4.69) is 17.0 Å². The second kappa shape index (κ2) is 6.77. The van der Waals surface area contributed by atoms with Gasteiger partial charge in [-0.1, -0.05) is 12.1 Å². The van der Waals surface area contributed by atoms with Gasteiger partial charge in [-0.05, 0) is 49.9 Å². The molecule has 4 nitrogen and oxygen atoms in total. The fraction of sp³-hybridized carbons (Fsp3) is 0.647. The van der Waals surface area contributed by atoms with Crippen molar-refractivity contribution in [2.75, 3.05) is 26.8 Å². The van der Waals surface area contributed by atoms with Gasteiger partial charge < -0.3 is 15.2 Å². The molecule has 0 aliphatic carbocycles. The van der Waals surface area contributed by atoms with Crippen molar-refractivity contribution in [2.45, 2.75) is 43.9 Å². The van der Waals surface area contributed by atoms with Crippen LogP contribution in [0.1, 0.15) is 24.8 Å². The number of benzene rings is 1. The number of hydrogen-bond acceptors (Lipinski definition) is 4. The minimum Gasteiger partial charge on any atom is -0.497 e. The van der Waals surface area contributed by atoms with Gasteiger partial charge in [-0.15, -0.1) is 0 Å². The molecule has 2 aliphatic rings. The Labute approximate surface area is 127 Å². The zero-order valence-corrected chi connectivity index (χ0v) is 12.8. The summed E-state index contributed by atoms with van der Waals surface area (Å²) in [7, 11) is 1.69. The summed E-state index contributed by atoms with van der Waals surface area (Å²) in [4.78, 5) is 2.56. The molecule has 1 aromatic rings. The van der Waals surface area contributed by atoms with E-state index in [9.17, 15) is 0 Å². The highest BCUT2D eigenvalue weighted by atomic mass is 16.5. The first kappa shape index (κ1) is 14.8. The van der Waals surface area contributed by atoms with Crippen molar-refractivity contribution in [1.29, 1.82) is 0 Å². The normalized spacial score (nSPS) is 27.3. The van der Waals surface area contributed by atoms with Crippen LogP contribution in [0.4, 0.5) is 0 Å². The van der Waals surface area contributed by atoms with Crippen molar-refractivity contribution in [1.82, 2.24) is 4.90 Å². The lowest BCUT2D eigenvalue weighted by atomic mass is 10.00. The molecule has 1 aromatic carbocycles. The largest absolute Gasteiger partial charge is 0.497 e. The molecular formula is C17H26N2O2. The Hall–Kier alpha value is -1.10. The van der Waals surface area contributed by atoms with Crippen LogP contribution in [0.5, 0.6) is 5.75 Å². The summed E-state index contributed by atoms with van der Waals surface area (Å²) in [6, 6.07) is 9.01. The Kier molecular flexibility index (Phi) is 4.78. The molecule has 0 amide bonds. The molecule has 3 rings (SSSR count). The molecule has 2 heterocycles. The summed E-state index contributed by atoms with van der Waals surface area (Å²) in [5.41, 5.74) is 7.67. The summed E-state index contributed by atoms with van der Waals surface area (Å²) < 4.78 is 11.2. The first-order valence-corrected chi connectivity index (χ1v) is 8.00. The summed E-state index contributed by atoms with van der Waals surface area (Å²) in [5, 5.41) is 0. The minimum atomic E-state index is 0.119. The monoisotopic (exact) mass is 290 g/mol. The Morgan fingerprint density at radius 3 is 2.95 bits per heavy atom. The predicted molar refractivity (Wildman–Crippen MR) is 83.6 cm³/mol. The number of hydrogen-bond donors (Lipinski definition) is 1. The summed E-state index contributed by atoms with van der Waals surface area (Å²) in [6.45, 7) is 3.09. The van der Waals surface area contributed by atoms with Crippen LogP contribution in [-0.2, 0) is 11.2 Å². The number of fused-ring (bicyclic) bond motifs is 1. The maximum Gasteiger partial charge on any atom is 0.118 e. The molecule has 3 unspecified atom stereocenters. The van der Waals surface area contributed by atoms with Gasteiger partial charge in [0.2, 0.25) is 0 Å². The van der Waals surface area contributed by atoms with Crippen molar-refractivity contribution in [2.24, 2.45) is 5.73 Å². The zero-order valence-electron chi connectivity index (χ0n) is 12.8. The number of aryl methyl sites for hydroxylation is 1. The van der Waals surface area contributed by atoms with Crippen LogP contribution in [0, 0.1) is 0 Å². The Bertz CT molecular complexity index is 449. The lowest BCUT2D eigenvalue weighted by Gasteiger charge is -2.37. The smallest absolute Gasteiger partial charge is 0.118 e. The highest BCUT2D eigenvalue weighted by Crippen LogP contribution is 2.24. The molecule has 2 N–H and O–H groups in total. The van der Waals surface area contributed by atoms with Crippen LogP contribution in [0.2, 0.25) is 0 Å². The molecule has 0 spiro atoms. The average Bonchev–Trinajstić information content (AvgIpc) is 3.00. The Morgan fingerprint density at radius 2 is 2.19 bits per heavy atom. The quantitative estimate of drug-likeness (QED) is 0.898. The van der Waals surface area contributed by atoms with Crippen molar-refractivity contribution in [3.05, 3.63) is 29.8 Å². The molecular weight excluding hydrogens is 264 g/mol. The van der Waals surface area contributed by atoms with E-state index in [0.717, 1.165) is 31.7 Å². The van der Waals surface area contributed by atoms with Gasteiger partial charge in [0.25, 0.3) is 0 Å². The van der Waals surface area contributed by atoms with E-state index in [4.69, 9.17) is 15.2 Å². The van der Waals surface area contributed by atoms with Gasteiger partial charge in [0.15, 0.2) is 0 Å². The van der Waals surface area contributed by atoms with Crippen LogP contribution in [-0.4, -0.2) is 49.9 Å². The number of nitrogens with two attached hydrogens (primary N) is 1. The maximum absolute atomic E-state index is 6.36. The first-order valence-electron chi connectivity index (χ1n) is 8.00. The molecule has 2 fully saturated rings. The third kappa shape index (κ3) is 3.57. The fourth-order valence-corrected chi connectivity index (χ4v) is 3.41. The fourth-order valence-electron chi connectivity index (χ4n) is 3.41. The van der Waals surface area contributed by atoms with Crippen LogP contribution >= 0.6 is 0 Å². The van der Waals surface area contributed by atoms with Crippen LogP contribution in [0.3, 0.4) is 0 Å². The third-order valence-electron chi connectivity index (χ3n) is 4.82. The van der Waals surface area contributed by atoms with Crippen molar-refractivity contribution in [3.8, 4) is 5.75 Å². The number of ether oxygens (including phenoxy) is 2. The number of methoxy groups -OCH3 is 1. The van der Waals surface area contributed by atoms with E-state index in [0.29, 0.717) is 6.04 Å². The van der Waals surface area contributed by atoms with Gasteiger partial charge in [-0.2, -0.15) is 0 Å². The van der Waals surface area contributed by atoms with Gasteiger partial charge in [-0.25, -0.2) is 0 Å². The Balaban J connectivity index is 1.48. The number of morpholine rings is 1. The molecule has 2 saturated heterocycles. The minimum absolute atomic E-state index is 0.119. The average molecular weight is 290 g/mol. The van der Waals surface area contributed by atoms with E-state index in [1.54, 1.807) is 7.11 Å². The van der Waals surface area contributed by atoms with Crippen molar-refractivity contribution >= 4 is 0 Å². The molecule has 0 saturated carbocycles. The molecule has 21 heavy (non-hydrogen) atoms. The van der Waals surface area contributed by atoms with Crippen LogP contribution in [0.25, 0.3) is 0 Å². The maximum atomic E-state index is 6.36. The van der Waals surface area contributed by atoms with E-state index in [1.165, 1.54) is 24.9 Å². The molecule has 4 heteroatoms. The SMILES string of the molecule is COc1ccc(CCC(N)C2CN3CCCC3CO2)cc1. The van der Waals surface area contributed by atoms with Crippen molar-refractivity contribution < 1.29 is 9.47 Å². The number of nitrogens with zero attached hydrogens (tertiary/aromatic N) is 1.